The summed E-state index contributed by atoms with van der Waals surface area (Å²) in [5.41, 5.74) is 1.84. The summed E-state index contributed by atoms with van der Waals surface area (Å²) < 4.78 is 0. The molecule has 0 spiro atoms. The van der Waals surface area contributed by atoms with E-state index in [2.05, 4.69) is 53.3 Å². The van der Waals surface area contributed by atoms with Gasteiger partial charge >= 0.3 is 0 Å². The molecule has 0 aromatic heterocycles. The van der Waals surface area contributed by atoms with Crippen LogP contribution in [-0.4, -0.2) is 0 Å². The van der Waals surface area contributed by atoms with Crippen LogP contribution in [0.15, 0.2) is 24.3 Å². The zero-order chi connectivity index (χ0) is 11.2. The van der Waals surface area contributed by atoms with Gasteiger partial charge in [0, 0.05) is 0 Å². The van der Waals surface area contributed by atoms with Gasteiger partial charge in [0.05, 0.1) is 0 Å². The van der Waals surface area contributed by atoms with E-state index in [0.717, 1.165) is 12.8 Å². The fourth-order valence-electron chi connectivity index (χ4n) is 1.57. The van der Waals surface area contributed by atoms with Gasteiger partial charge in [-0.25, -0.2) is 0 Å². The molecule has 0 saturated carbocycles. The van der Waals surface area contributed by atoms with Crippen molar-refractivity contribution in [2.75, 3.05) is 0 Å². The molecule has 0 heteroatoms. The summed E-state index contributed by atoms with van der Waals surface area (Å²) in [7, 11) is 0. The second kappa shape index (κ2) is 6.06. The fourth-order valence-corrected chi connectivity index (χ4v) is 1.57. The predicted octanol–water partition coefficient (Wildman–Crippen LogP) is 4.97. The summed E-state index contributed by atoms with van der Waals surface area (Å²) in [5, 5.41) is 0. The summed E-state index contributed by atoms with van der Waals surface area (Å²) in [6.07, 6.45) is 7.99. The molecule has 0 aromatic rings. The van der Waals surface area contributed by atoms with Crippen molar-refractivity contribution in [3.8, 4) is 0 Å². The summed E-state index contributed by atoms with van der Waals surface area (Å²) >= 11 is 0. The lowest BCUT2D eigenvalue weighted by atomic mass is 9.81. The van der Waals surface area contributed by atoms with Crippen molar-refractivity contribution in [3.05, 3.63) is 24.3 Å². The molecule has 0 saturated heterocycles. The van der Waals surface area contributed by atoms with Crippen molar-refractivity contribution in [2.45, 2.75) is 53.9 Å². The van der Waals surface area contributed by atoms with Gasteiger partial charge in [0.1, 0.15) is 0 Å². The van der Waals surface area contributed by atoms with Crippen LogP contribution in [0.4, 0.5) is 0 Å². The SMILES string of the molecule is C=CC(C)(C)C/C(=C/CC)C(C)CC. The molecule has 0 aliphatic heterocycles. The van der Waals surface area contributed by atoms with E-state index in [1.807, 2.05) is 0 Å². The van der Waals surface area contributed by atoms with Crippen LogP contribution in [0.25, 0.3) is 0 Å². The average molecular weight is 194 g/mol. The van der Waals surface area contributed by atoms with E-state index < -0.39 is 0 Å². The van der Waals surface area contributed by atoms with Crippen LogP contribution < -0.4 is 0 Å². The maximum atomic E-state index is 3.90. The lowest BCUT2D eigenvalue weighted by Gasteiger charge is -2.25. The Labute approximate surface area is 90.1 Å². The zero-order valence-corrected chi connectivity index (χ0v) is 10.6. The quantitative estimate of drug-likeness (QED) is 0.524. The highest BCUT2D eigenvalue weighted by Gasteiger charge is 2.17. The predicted molar refractivity (Wildman–Crippen MR) is 66.4 cm³/mol. The Morgan fingerprint density at radius 3 is 2.29 bits per heavy atom. The molecule has 1 atom stereocenters. The third kappa shape index (κ3) is 4.64. The molecule has 0 aromatic carbocycles. The van der Waals surface area contributed by atoms with Crippen molar-refractivity contribution < 1.29 is 0 Å². The van der Waals surface area contributed by atoms with Gasteiger partial charge in [-0.15, -0.1) is 6.58 Å². The van der Waals surface area contributed by atoms with Crippen LogP contribution in [0.3, 0.4) is 0 Å². The zero-order valence-electron chi connectivity index (χ0n) is 10.6. The van der Waals surface area contributed by atoms with Gasteiger partial charge in [0.25, 0.3) is 0 Å². The number of hydrogen-bond acceptors (Lipinski definition) is 0. The van der Waals surface area contributed by atoms with E-state index in [9.17, 15) is 0 Å². The van der Waals surface area contributed by atoms with Gasteiger partial charge in [0.2, 0.25) is 0 Å². The molecule has 0 bridgehead atoms. The Balaban J connectivity index is 4.54. The fraction of sp³-hybridized carbons (Fsp3) is 0.714. The second-order valence-corrected chi connectivity index (χ2v) is 4.87. The Bertz CT molecular complexity index is 196. The van der Waals surface area contributed by atoms with E-state index in [-0.39, 0.29) is 5.41 Å². The monoisotopic (exact) mass is 194 g/mol. The standard InChI is InChI=1S/C14H26/c1-7-10-13(12(4)8-2)11-14(5,6)9-3/h9-10,12H,3,7-8,11H2,1-2,4-6H3/b13-10-. The number of allylic oxidation sites excluding steroid dienone is 3. The van der Waals surface area contributed by atoms with Crippen molar-refractivity contribution in [1.29, 1.82) is 0 Å². The van der Waals surface area contributed by atoms with Crippen LogP contribution >= 0.6 is 0 Å². The van der Waals surface area contributed by atoms with Crippen molar-refractivity contribution >= 4 is 0 Å². The molecule has 0 fully saturated rings. The topological polar surface area (TPSA) is 0 Å². The molecular formula is C14H26. The van der Waals surface area contributed by atoms with Gasteiger partial charge in [-0.3, -0.25) is 0 Å². The first-order valence-electron chi connectivity index (χ1n) is 5.79. The van der Waals surface area contributed by atoms with Gasteiger partial charge in [-0.2, -0.15) is 0 Å². The molecule has 0 aliphatic carbocycles. The summed E-state index contributed by atoms with van der Waals surface area (Å²) in [4.78, 5) is 0. The van der Waals surface area contributed by atoms with E-state index in [0.29, 0.717) is 5.92 Å². The first-order chi connectivity index (χ1) is 6.46. The van der Waals surface area contributed by atoms with Crippen LogP contribution in [-0.2, 0) is 0 Å². The molecule has 82 valence electrons. The molecule has 14 heavy (non-hydrogen) atoms. The summed E-state index contributed by atoms with van der Waals surface area (Å²) in [6, 6.07) is 0. The smallest absolute Gasteiger partial charge is 0.0140 e. The molecule has 0 aliphatic rings. The van der Waals surface area contributed by atoms with Crippen LogP contribution in [0.2, 0.25) is 0 Å². The Morgan fingerprint density at radius 2 is 1.93 bits per heavy atom. The van der Waals surface area contributed by atoms with Gasteiger partial charge < -0.3 is 0 Å². The molecule has 0 amide bonds. The Kier molecular flexibility index (Phi) is 5.83. The lowest BCUT2D eigenvalue weighted by molar-refractivity contribution is 0.444. The molecule has 0 N–H and O–H groups in total. The lowest BCUT2D eigenvalue weighted by Crippen LogP contribution is -2.11. The van der Waals surface area contributed by atoms with Gasteiger partial charge in [0.15, 0.2) is 0 Å². The first-order valence-corrected chi connectivity index (χ1v) is 5.79. The second-order valence-electron chi connectivity index (χ2n) is 4.87. The third-order valence-corrected chi connectivity index (χ3v) is 2.92. The minimum atomic E-state index is 0.241. The van der Waals surface area contributed by atoms with Crippen LogP contribution in [0, 0.1) is 11.3 Å². The van der Waals surface area contributed by atoms with Crippen molar-refractivity contribution in [1.82, 2.24) is 0 Å². The normalized spacial score (nSPS) is 15.4. The Morgan fingerprint density at radius 1 is 1.36 bits per heavy atom. The first kappa shape index (κ1) is 13.5. The highest BCUT2D eigenvalue weighted by Crippen LogP contribution is 2.31. The number of rotatable bonds is 6. The molecule has 0 radical (unpaired) electrons. The highest BCUT2D eigenvalue weighted by atomic mass is 14.2. The molecule has 0 nitrogen and oxygen atoms in total. The molecule has 0 heterocycles. The van der Waals surface area contributed by atoms with E-state index in [1.165, 1.54) is 6.42 Å². The van der Waals surface area contributed by atoms with E-state index in [4.69, 9.17) is 0 Å². The van der Waals surface area contributed by atoms with Crippen molar-refractivity contribution in [2.24, 2.45) is 11.3 Å². The Hall–Kier alpha value is -0.520. The average Bonchev–Trinajstić information content (AvgIpc) is 2.16. The van der Waals surface area contributed by atoms with Gasteiger partial charge in [-0.05, 0) is 30.6 Å². The van der Waals surface area contributed by atoms with Crippen LogP contribution in [0.5, 0.6) is 0 Å². The largest absolute Gasteiger partial charge is 0.103 e. The molecule has 0 rings (SSSR count). The van der Waals surface area contributed by atoms with Crippen LogP contribution in [0.1, 0.15) is 53.9 Å². The third-order valence-electron chi connectivity index (χ3n) is 2.92. The van der Waals surface area contributed by atoms with Crippen molar-refractivity contribution in [3.63, 3.8) is 0 Å². The summed E-state index contributed by atoms with van der Waals surface area (Å²) in [6.45, 7) is 15.2. The van der Waals surface area contributed by atoms with E-state index >= 15 is 0 Å². The molecular weight excluding hydrogens is 168 g/mol. The maximum absolute atomic E-state index is 3.90. The maximum Gasteiger partial charge on any atom is -0.0140 e. The number of hydrogen-bond donors (Lipinski definition) is 0. The van der Waals surface area contributed by atoms with E-state index in [1.54, 1.807) is 5.57 Å². The minimum Gasteiger partial charge on any atom is -0.103 e. The highest BCUT2D eigenvalue weighted by molar-refractivity contribution is 5.10. The molecule has 1 unspecified atom stereocenters. The summed E-state index contributed by atoms with van der Waals surface area (Å²) in [5.74, 6) is 0.717. The minimum absolute atomic E-state index is 0.241. The van der Waals surface area contributed by atoms with Gasteiger partial charge in [-0.1, -0.05) is 52.3 Å².